The molecule has 2 aromatic rings. The van der Waals surface area contributed by atoms with E-state index in [9.17, 15) is 12.8 Å². The molecule has 1 aromatic heterocycles. The number of thiophene rings is 1. The zero-order valence-electron chi connectivity index (χ0n) is 10.0. The lowest BCUT2D eigenvalue weighted by atomic mass is 10.3. The quantitative estimate of drug-likeness (QED) is 0.809. The standard InChI is InChI=1S/C12H11ClFNO2S2/c1-15(12-5-3-2-4-11(12)14)19(16,17)10-6-9(7-13)18-8-10/h2-6,8H,7H2,1H3. The summed E-state index contributed by atoms with van der Waals surface area (Å²) in [6, 6.07) is 7.24. The van der Waals surface area contributed by atoms with Crippen molar-refractivity contribution in [3.63, 3.8) is 0 Å². The molecule has 1 heterocycles. The lowest BCUT2D eigenvalue weighted by molar-refractivity contribution is 0.590. The third kappa shape index (κ3) is 2.75. The first-order valence-electron chi connectivity index (χ1n) is 5.33. The van der Waals surface area contributed by atoms with Crippen LogP contribution in [0.3, 0.4) is 0 Å². The molecule has 0 spiro atoms. The number of sulfonamides is 1. The molecule has 7 heteroatoms. The van der Waals surface area contributed by atoms with Gasteiger partial charge in [-0.3, -0.25) is 4.31 Å². The molecule has 0 fully saturated rings. The minimum absolute atomic E-state index is 0.0149. The zero-order valence-corrected chi connectivity index (χ0v) is 12.4. The molecule has 0 aliphatic carbocycles. The van der Waals surface area contributed by atoms with E-state index in [-0.39, 0.29) is 16.5 Å². The van der Waals surface area contributed by atoms with Crippen molar-refractivity contribution in [1.29, 1.82) is 0 Å². The van der Waals surface area contributed by atoms with Crippen LogP contribution in [-0.4, -0.2) is 15.5 Å². The molecular weight excluding hydrogens is 309 g/mol. The van der Waals surface area contributed by atoms with E-state index in [1.807, 2.05) is 0 Å². The third-order valence-electron chi connectivity index (χ3n) is 2.61. The van der Waals surface area contributed by atoms with Crippen molar-refractivity contribution in [3.8, 4) is 0 Å². The Morgan fingerprint density at radius 3 is 2.63 bits per heavy atom. The van der Waals surface area contributed by atoms with Gasteiger partial charge >= 0.3 is 0 Å². The molecule has 0 aliphatic rings. The molecule has 19 heavy (non-hydrogen) atoms. The summed E-state index contributed by atoms with van der Waals surface area (Å²) in [5, 5.41) is 1.50. The Morgan fingerprint density at radius 2 is 2.05 bits per heavy atom. The largest absolute Gasteiger partial charge is 0.266 e. The van der Waals surface area contributed by atoms with Gasteiger partial charge in [-0.1, -0.05) is 12.1 Å². The van der Waals surface area contributed by atoms with Crippen molar-refractivity contribution in [1.82, 2.24) is 0 Å². The lowest BCUT2D eigenvalue weighted by Gasteiger charge is -2.19. The van der Waals surface area contributed by atoms with Crippen molar-refractivity contribution >= 4 is 38.6 Å². The highest BCUT2D eigenvalue weighted by molar-refractivity contribution is 7.93. The topological polar surface area (TPSA) is 37.4 Å². The number of alkyl halides is 1. The SMILES string of the molecule is CN(c1ccccc1F)S(=O)(=O)c1csc(CCl)c1. The van der Waals surface area contributed by atoms with Gasteiger partial charge in [-0.15, -0.1) is 22.9 Å². The summed E-state index contributed by atoms with van der Waals surface area (Å²) >= 11 is 6.92. The Labute approximate surface area is 120 Å². The molecule has 0 saturated carbocycles. The van der Waals surface area contributed by atoms with E-state index in [0.29, 0.717) is 0 Å². The van der Waals surface area contributed by atoms with Crippen molar-refractivity contribution in [2.24, 2.45) is 0 Å². The van der Waals surface area contributed by atoms with E-state index in [1.165, 1.54) is 48.0 Å². The molecule has 0 radical (unpaired) electrons. The minimum atomic E-state index is -3.76. The van der Waals surface area contributed by atoms with E-state index in [4.69, 9.17) is 11.6 Å². The Morgan fingerprint density at radius 1 is 1.37 bits per heavy atom. The number of hydrogen-bond acceptors (Lipinski definition) is 3. The molecule has 0 amide bonds. The summed E-state index contributed by atoms with van der Waals surface area (Å²) in [7, 11) is -2.43. The van der Waals surface area contributed by atoms with Gasteiger partial charge in [0.2, 0.25) is 0 Å². The number of para-hydroxylation sites is 1. The zero-order chi connectivity index (χ0) is 14.0. The maximum atomic E-state index is 13.6. The van der Waals surface area contributed by atoms with Gasteiger partial charge in [0.15, 0.2) is 0 Å². The van der Waals surface area contributed by atoms with Gasteiger partial charge < -0.3 is 0 Å². The van der Waals surface area contributed by atoms with Crippen LogP contribution in [0.4, 0.5) is 10.1 Å². The third-order valence-corrected chi connectivity index (χ3v) is 5.89. The summed E-state index contributed by atoms with van der Waals surface area (Å²) < 4.78 is 39.2. The van der Waals surface area contributed by atoms with Crippen LogP contribution in [0, 0.1) is 5.82 Å². The molecule has 1 aromatic carbocycles. The highest BCUT2D eigenvalue weighted by Gasteiger charge is 2.24. The van der Waals surface area contributed by atoms with Gasteiger partial charge in [-0.25, -0.2) is 12.8 Å². The predicted octanol–water partition coefficient (Wildman–Crippen LogP) is 3.45. The predicted molar refractivity (Wildman–Crippen MR) is 75.9 cm³/mol. The van der Waals surface area contributed by atoms with Gasteiger partial charge in [0, 0.05) is 17.3 Å². The average molecular weight is 320 g/mol. The molecule has 3 nitrogen and oxygen atoms in total. The summed E-state index contributed by atoms with van der Waals surface area (Å²) in [5.41, 5.74) is 0.0149. The Hall–Kier alpha value is -1.11. The Balaban J connectivity index is 2.42. The van der Waals surface area contributed by atoms with Crippen LogP contribution in [-0.2, 0) is 15.9 Å². The fourth-order valence-electron chi connectivity index (χ4n) is 1.56. The van der Waals surface area contributed by atoms with Crippen molar-refractivity contribution < 1.29 is 12.8 Å². The molecule has 102 valence electrons. The van der Waals surface area contributed by atoms with Gasteiger partial charge in [0.1, 0.15) is 5.82 Å². The van der Waals surface area contributed by atoms with E-state index >= 15 is 0 Å². The van der Waals surface area contributed by atoms with E-state index in [1.54, 1.807) is 6.07 Å². The van der Waals surface area contributed by atoms with Crippen LogP contribution in [0.1, 0.15) is 4.88 Å². The van der Waals surface area contributed by atoms with Crippen LogP contribution in [0.2, 0.25) is 0 Å². The van der Waals surface area contributed by atoms with Gasteiger partial charge in [-0.05, 0) is 18.2 Å². The molecule has 0 N–H and O–H groups in total. The van der Waals surface area contributed by atoms with Gasteiger partial charge in [-0.2, -0.15) is 0 Å². The molecular formula is C12H11ClFNO2S2. The fraction of sp³-hybridized carbons (Fsp3) is 0.167. The van der Waals surface area contributed by atoms with Gasteiger partial charge in [0.05, 0.1) is 16.5 Å². The summed E-state index contributed by atoms with van der Waals surface area (Å²) in [5.74, 6) is -0.328. The smallest absolute Gasteiger partial charge is 0.265 e. The summed E-state index contributed by atoms with van der Waals surface area (Å²) in [4.78, 5) is 0.876. The molecule has 0 bridgehead atoms. The van der Waals surface area contributed by atoms with Crippen LogP contribution >= 0.6 is 22.9 Å². The average Bonchev–Trinajstić information content (AvgIpc) is 2.88. The molecule has 0 atom stereocenters. The summed E-state index contributed by atoms with van der Waals surface area (Å²) in [6.45, 7) is 0. The van der Waals surface area contributed by atoms with E-state index in [2.05, 4.69) is 0 Å². The maximum absolute atomic E-state index is 13.6. The second-order valence-corrected chi connectivity index (χ2v) is 7.04. The monoisotopic (exact) mass is 319 g/mol. The first-order chi connectivity index (χ1) is 8.96. The number of nitrogens with zero attached hydrogens (tertiary/aromatic N) is 1. The normalized spacial score (nSPS) is 11.5. The highest BCUT2D eigenvalue weighted by atomic mass is 35.5. The van der Waals surface area contributed by atoms with Gasteiger partial charge in [0.25, 0.3) is 10.0 Å². The molecule has 0 aliphatic heterocycles. The van der Waals surface area contributed by atoms with E-state index in [0.717, 1.165) is 9.18 Å². The summed E-state index contributed by atoms with van der Waals surface area (Å²) in [6.07, 6.45) is 0. The Bertz CT molecular complexity index is 685. The number of hydrogen-bond donors (Lipinski definition) is 0. The lowest BCUT2D eigenvalue weighted by Crippen LogP contribution is -2.27. The van der Waals surface area contributed by atoms with Crippen LogP contribution in [0.15, 0.2) is 40.6 Å². The minimum Gasteiger partial charge on any atom is -0.266 e. The molecule has 0 saturated heterocycles. The first-order valence-corrected chi connectivity index (χ1v) is 8.19. The maximum Gasteiger partial charge on any atom is 0.265 e. The second kappa shape index (κ2) is 5.48. The van der Waals surface area contributed by atoms with Crippen LogP contribution in [0.25, 0.3) is 0 Å². The first kappa shape index (κ1) is 14.3. The number of benzene rings is 1. The number of anilines is 1. The fourth-order valence-corrected chi connectivity index (χ4v) is 4.14. The highest BCUT2D eigenvalue weighted by Crippen LogP contribution is 2.27. The van der Waals surface area contributed by atoms with E-state index < -0.39 is 15.8 Å². The Kier molecular flexibility index (Phi) is 4.13. The van der Waals surface area contributed by atoms with Crippen molar-refractivity contribution in [3.05, 3.63) is 46.4 Å². The molecule has 2 rings (SSSR count). The second-order valence-electron chi connectivity index (χ2n) is 3.81. The van der Waals surface area contributed by atoms with Crippen molar-refractivity contribution in [2.45, 2.75) is 10.8 Å². The molecule has 0 unspecified atom stereocenters. The van der Waals surface area contributed by atoms with Crippen LogP contribution < -0.4 is 4.31 Å². The number of rotatable bonds is 4. The number of halogens is 2. The van der Waals surface area contributed by atoms with Crippen molar-refractivity contribution in [2.75, 3.05) is 11.4 Å². The van der Waals surface area contributed by atoms with Crippen LogP contribution in [0.5, 0.6) is 0 Å².